The van der Waals surface area contributed by atoms with Crippen LogP contribution in [-0.4, -0.2) is 37.2 Å². The molecule has 0 aromatic carbocycles. The number of unbranched alkanes of at least 4 members (excludes halogenated alkanes) is 29. The molecular weight excluding hydrogens is 841 g/mol. The number of hydrogen-bond acceptors (Lipinski definition) is 6. The first-order chi connectivity index (χ1) is 33.5. The summed E-state index contributed by atoms with van der Waals surface area (Å²) in [6, 6.07) is 0. The fourth-order valence-corrected chi connectivity index (χ4v) is 8.00. The van der Waals surface area contributed by atoms with Crippen LogP contribution in [-0.2, 0) is 28.6 Å². The summed E-state index contributed by atoms with van der Waals surface area (Å²) in [4.78, 5) is 38.2. The number of rotatable bonds is 52. The summed E-state index contributed by atoms with van der Waals surface area (Å²) in [6.45, 7) is 6.57. The largest absolute Gasteiger partial charge is 0.462 e. The molecule has 0 aliphatic rings. The minimum absolute atomic E-state index is 0.0889. The van der Waals surface area contributed by atoms with Gasteiger partial charge in [-0.05, 0) is 116 Å². The van der Waals surface area contributed by atoms with Crippen molar-refractivity contribution in [2.24, 2.45) is 0 Å². The Morgan fingerprint density at radius 1 is 0.294 bits per heavy atom. The molecule has 0 fully saturated rings. The first kappa shape index (κ1) is 64.8. The smallest absolute Gasteiger partial charge is 0.306 e. The van der Waals surface area contributed by atoms with Crippen molar-refractivity contribution in [3.63, 3.8) is 0 Å². The highest BCUT2D eigenvalue weighted by molar-refractivity contribution is 5.71. The SMILES string of the molecule is CCCCC/C=C/C/C=C/C/C=C/CCCCCCC(=O)O[C@H](COC(=O)CCCCCCC/C=C/CCCCCCC)COC(=O)CCCCCCCCCCC/C=C/C/C=C/CCCCC. The summed E-state index contributed by atoms with van der Waals surface area (Å²) in [5.74, 6) is -0.916. The Labute approximate surface area is 421 Å². The van der Waals surface area contributed by atoms with Crippen LogP contribution >= 0.6 is 0 Å². The van der Waals surface area contributed by atoms with Crippen LogP contribution in [0.2, 0.25) is 0 Å². The van der Waals surface area contributed by atoms with Crippen LogP contribution in [0.15, 0.2) is 72.9 Å². The summed E-state index contributed by atoms with van der Waals surface area (Å²) < 4.78 is 16.8. The number of allylic oxidation sites excluding steroid dienone is 12. The lowest BCUT2D eigenvalue weighted by Crippen LogP contribution is -2.30. The maximum absolute atomic E-state index is 12.8. The molecule has 6 nitrogen and oxygen atoms in total. The van der Waals surface area contributed by atoms with Crippen LogP contribution in [0.1, 0.15) is 284 Å². The average Bonchev–Trinajstić information content (AvgIpc) is 3.34. The molecule has 0 radical (unpaired) electrons. The van der Waals surface area contributed by atoms with Gasteiger partial charge in [-0.1, -0.05) is 222 Å². The van der Waals surface area contributed by atoms with Gasteiger partial charge in [0, 0.05) is 19.3 Å². The molecule has 0 saturated carbocycles. The molecular formula is C62H108O6. The first-order valence-corrected chi connectivity index (χ1v) is 28.9. The predicted octanol–water partition coefficient (Wildman–Crippen LogP) is 19.4. The van der Waals surface area contributed by atoms with E-state index in [2.05, 4.69) is 93.7 Å². The quantitative estimate of drug-likeness (QED) is 0.0262. The molecule has 0 aliphatic heterocycles. The zero-order chi connectivity index (χ0) is 49.3. The van der Waals surface area contributed by atoms with Crippen LogP contribution in [0.5, 0.6) is 0 Å². The lowest BCUT2D eigenvalue weighted by Gasteiger charge is -2.18. The molecule has 0 amide bonds. The van der Waals surface area contributed by atoms with Gasteiger partial charge in [-0.2, -0.15) is 0 Å². The average molecular weight is 950 g/mol. The molecule has 0 bridgehead atoms. The maximum atomic E-state index is 12.8. The summed E-state index contributed by atoms with van der Waals surface area (Å²) >= 11 is 0. The van der Waals surface area contributed by atoms with Gasteiger partial charge in [0.25, 0.3) is 0 Å². The van der Waals surface area contributed by atoms with Gasteiger partial charge < -0.3 is 14.2 Å². The summed E-state index contributed by atoms with van der Waals surface area (Å²) in [7, 11) is 0. The van der Waals surface area contributed by atoms with E-state index >= 15 is 0 Å². The van der Waals surface area contributed by atoms with Gasteiger partial charge in [-0.15, -0.1) is 0 Å². The summed E-state index contributed by atoms with van der Waals surface area (Å²) in [6.07, 6.45) is 71.7. The van der Waals surface area contributed by atoms with E-state index in [1.54, 1.807) is 0 Å². The van der Waals surface area contributed by atoms with E-state index in [-0.39, 0.29) is 31.1 Å². The molecule has 0 saturated heterocycles. The molecule has 6 heteroatoms. The van der Waals surface area contributed by atoms with Gasteiger partial charge in [-0.3, -0.25) is 14.4 Å². The van der Waals surface area contributed by atoms with E-state index in [9.17, 15) is 14.4 Å². The number of esters is 3. The van der Waals surface area contributed by atoms with Crippen molar-refractivity contribution in [1.82, 2.24) is 0 Å². The Balaban J connectivity index is 4.42. The fourth-order valence-electron chi connectivity index (χ4n) is 8.00. The normalized spacial score (nSPS) is 12.6. The van der Waals surface area contributed by atoms with Crippen molar-refractivity contribution in [3.05, 3.63) is 72.9 Å². The molecule has 68 heavy (non-hydrogen) atoms. The molecule has 0 rings (SSSR count). The van der Waals surface area contributed by atoms with E-state index < -0.39 is 6.10 Å². The van der Waals surface area contributed by atoms with E-state index in [1.807, 2.05) is 0 Å². The predicted molar refractivity (Wildman–Crippen MR) is 293 cm³/mol. The van der Waals surface area contributed by atoms with Crippen LogP contribution in [0.25, 0.3) is 0 Å². The second-order valence-corrected chi connectivity index (χ2v) is 19.2. The zero-order valence-electron chi connectivity index (χ0n) is 44.9. The van der Waals surface area contributed by atoms with E-state index in [4.69, 9.17) is 14.2 Å². The van der Waals surface area contributed by atoms with Gasteiger partial charge in [0.15, 0.2) is 6.10 Å². The van der Waals surface area contributed by atoms with Gasteiger partial charge in [0.2, 0.25) is 0 Å². The van der Waals surface area contributed by atoms with Gasteiger partial charge in [-0.25, -0.2) is 0 Å². The van der Waals surface area contributed by atoms with Crippen LogP contribution < -0.4 is 0 Å². The second-order valence-electron chi connectivity index (χ2n) is 19.2. The molecule has 1 atom stereocenters. The van der Waals surface area contributed by atoms with Crippen LogP contribution in [0, 0.1) is 0 Å². The zero-order valence-corrected chi connectivity index (χ0v) is 44.9. The Hall–Kier alpha value is -3.15. The molecule has 392 valence electrons. The fraction of sp³-hybridized carbons (Fsp3) is 0.758. The Kier molecular flexibility index (Phi) is 53.8. The monoisotopic (exact) mass is 949 g/mol. The minimum atomic E-state index is -0.793. The lowest BCUT2D eigenvalue weighted by molar-refractivity contribution is -0.167. The van der Waals surface area contributed by atoms with Gasteiger partial charge in [0.05, 0.1) is 0 Å². The van der Waals surface area contributed by atoms with Gasteiger partial charge in [0.1, 0.15) is 13.2 Å². The molecule has 0 aliphatic carbocycles. The van der Waals surface area contributed by atoms with E-state index in [0.717, 1.165) is 96.3 Å². The molecule has 0 N–H and O–H groups in total. The first-order valence-electron chi connectivity index (χ1n) is 28.9. The topological polar surface area (TPSA) is 78.9 Å². The van der Waals surface area contributed by atoms with Crippen LogP contribution in [0.4, 0.5) is 0 Å². The molecule has 0 aromatic rings. The van der Waals surface area contributed by atoms with Crippen molar-refractivity contribution in [2.45, 2.75) is 290 Å². The molecule has 0 unspecified atom stereocenters. The maximum Gasteiger partial charge on any atom is 0.306 e. The van der Waals surface area contributed by atoms with Crippen molar-refractivity contribution in [3.8, 4) is 0 Å². The van der Waals surface area contributed by atoms with E-state index in [1.165, 1.54) is 148 Å². The van der Waals surface area contributed by atoms with Crippen molar-refractivity contribution < 1.29 is 28.6 Å². The number of ether oxygens (including phenoxy) is 3. The summed E-state index contributed by atoms with van der Waals surface area (Å²) in [5.41, 5.74) is 0. The molecule has 0 aromatic heterocycles. The molecule has 0 spiro atoms. The third kappa shape index (κ3) is 53.8. The minimum Gasteiger partial charge on any atom is -0.462 e. The van der Waals surface area contributed by atoms with Crippen molar-refractivity contribution in [1.29, 1.82) is 0 Å². The van der Waals surface area contributed by atoms with Gasteiger partial charge >= 0.3 is 17.9 Å². The van der Waals surface area contributed by atoms with E-state index in [0.29, 0.717) is 19.3 Å². The third-order valence-electron chi connectivity index (χ3n) is 12.4. The highest BCUT2D eigenvalue weighted by atomic mass is 16.6. The molecule has 0 heterocycles. The Morgan fingerprint density at radius 3 is 0.868 bits per heavy atom. The summed E-state index contributed by atoms with van der Waals surface area (Å²) in [5, 5.41) is 0. The number of hydrogen-bond donors (Lipinski definition) is 0. The van der Waals surface area contributed by atoms with Crippen molar-refractivity contribution in [2.75, 3.05) is 13.2 Å². The number of carbonyl (C=O) groups excluding carboxylic acids is 3. The van der Waals surface area contributed by atoms with Crippen LogP contribution in [0.3, 0.4) is 0 Å². The Morgan fingerprint density at radius 2 is 0.529 bits per heavy atom. The highest BCUT2D eigenvalue weighted by Gasteiger charge is 2.19. The lowest BCUT2D eigenvalue weighted by atomic mass is 10.1. The third-order valence-corrected chi connectivity index (χ3v) is 12.4. The standard InChI is InChI=1S/C62H108O6/c1-4-7-10-13-16-19-22-25-28-30-31-33-34-37-40-43-46-49-52-55-61(64)67-58-59(57-66-60(63)54-51-48-45-42-39-36-27-24-21-18-15-12-9-6-3)68-62(65)56-53-50-47-44-41-38-35-32-29-26-23-20-17-14-11-8-5-2/h16-17,19-20,24-29,35,38,59H,4-15,18,21-23,30-34,36-37,39-58H2,1-3H3/b19-16+,20-17+,27-24+,28-25+,29-26+,38-35+/t59-/m1/s1. The second kappa shape index (κ2) is 56.4. The number of carbonyl (C=O) groups is 3. The van der Waals surface area contributed by atoms with Crippen molar-refractivity contribution >= 4 is 17.9 Å². The highest BCUT2D eigenvalue weighted by Crippen LogP contribution is 2.15. The Bertz CT molecular complexity index is 1270.